The van der Waals surface area contributed by atoms with Crippen LogP contribution in [0.15, 0.2) is 52.0 Å². The van der Waals surface area contributed by atoms with E-state index in [1.54, 1.807) is 12.1 Å². The molecule has 0 saturated carbocycles. The van der Waals surface area contributed by atoms with Crippen molar-refractivity contribution in [2.24, 2.45) is 0 Å². The second-order valence-electron chi connectivity index (χ2n) is 4.08. The maximum absolute atomic E-state index is 12.0. The molecule has 21 heavy (non-hydrogen) atoms. The molecule has 0 fully saturated rings. The van der Waals surface area contributed by atoms with E-state index in [9.17, 15) is 17.2 Å². The number of benzene rings is 1. The van der Waals surface area contributed by atoms with Gasteiger partial charge in [0.1, 0.15) is 18.1 Å². The number of halogens is 2. The first-order valence-electron chi connectivity index (χ1n) is 6.00. The third kappa shape index (κ3) is 4.54. The predicted octanol–water partition coefficient (Wildman–Crippen LogP) is 2.40. The molecule has 8 heteroatoms. The quantitative estimate of drug-likeness (QED) is 0.851. The summed E-state index contributed by atoms with van der Waals surface area (Å²) in [5.74, 6) is 0.663. The summed E-state index contributed by atoms with van der Waals surface area (Å²) in [4.78, 5) is 0.0125. The van der Waals surface area contributed by atoms with Gasteiger partial charge < -0.3 is 9.15 Å². The van der Waals surface area contributed by atoms with Crippen LogP contribution in [0.25, 0.3) is 0 Å². The molecule has 1 N–H and O–H groups in total. The zero-order valence-corrected chi connectivity index (χ0v) is 11.6. The number of hydrogen-bond donors (Lipinski definition) is 1. The van der Waals surface area contributed by atoms with Gasteiger partial charge in [-0.05, 0) is 36.4 Å². The molecule has 0 aliphatic rings. The fourth-order valence-electron chi connectivity index (χ4n) is 1.54. The second kappa shape index (κ2) is 6.68. The SMILES string of the molecule is O=S(=O)(NCc1ccco1)c1ccc(OCC(F)F)cc1. The molecule has 0 amide bonds. The van der Waals surface area contributed by atoms with Crippen molar-refractivity contribution in [3.05, 3.63) is 48.4 Å². The highest BCUT2D eigenvalue weighted by Gasteiger charge is 2.14. The molecule has 0 bridgehead atoms. The largest absolute Gasteiger partial charge is 0.488 e. The summed E-state index contributed by atoms with van der Waals surface area (Å²) in [6, 6.07) is 8.51. The van der Waals surface area contributed by atoms with Crippen LogP contribution < -0.4 is 9.46 Å². The lowest BCUT2D eigenvalue weighted by atomic mass is 10.3. The zero-order chi connectivity index (χ0) is 15.3. The van der Waals surface area contributed by atoms with Gasteiger partial charge in [-0.25, -0.2) is 21.9 Å². The van der Waals surface area contributed by atoms with E-state index in [1.165, 1.54) is 30.5 Å². The van der Waals surface area contributed by atoms with Crippen molar-refractivity contribution in [3.8, 4) is 5.75 Å². The van der Waals surface area contributed by atoms with Crippen molar-refractivity contribution in [1.82, 2.24) is 4.72 Å². The van der Waals surface area contributed by atoms with E-state index < -0.39 is 23.1 Å². The molecule has 0 saturated heterocycles. The van der Waals surface area contributed by atoms with Crippen molar-refractivity contribution in [2.45, 2.75) is 17.9 Å². The van der Waals surface area contributed by atoms with Gasteiger partial charge in [0.05, 0.1) is 17.7 Å². The van der Waals surface area contributed by atoms with Gasteiger partial charge in [-0.2, -0.15) is 0 Å². The lowest BCUT2D eigenvalue weighted by molar-refractivity contribution is 0.0819. The highest BCUT2D eigenvalue weighted by atomic mass is 32.2. The van der Waals surface area contributed by atoms with E-state index in [0.717, 1.165) is 0 Å². The summed E-state index contributed by atoms with van der Waals surface area (Å²) in [6.45, 7) is -0.707. The van der Waals surface area contributed by atoms with Crippen LogP contribution in [0.2, 0.25) is 0 Å². The lowest BCUT2D eigenvalue weighted by Gasteiger charge is -2.08. The first kappa shape index (κ1) is 15.5. The van der Waals surface area contributed by atoms with Crippen LogP contribution in [0.3, 0.4) is 0 Å². The van der Waals surface area contributed by atoms with E-state index in [-0.39, 0.29) is 17.2 Å². The summed E-state index contributed by atoms with van der Waals surface area (Å²) in [6.07, 6.45) is -1.14. The topological polar surface area (TPSA) is 68.5 Å². The molecule has 1 aromatic heterocycles. The summed E-state index contributed by atoms with van der Waals surface area (Å²) in [7, 11) is -3.70. The van der Waals surface area contributed by atoms with E-state index >= 15 is 0 Å². The third-order valence-corrected chi connectivity index (χ3v) is 3.94. The summed E-state index contributed by atoms with van der Waals surface area (Å²) in [5, 5.41) is 0. The molecule has 0 radical (unpaired) electrons. The number of furan rings is 1. The molecule has 2 aromatic rings. The summed E-state index contributed by atoms with van der Waals surface area (Å²) in [5.41, 5.74) is 0. The van der Waals surface area contributed by atoms with Gasteiger partial charge in [-0.3, -0.25) is 0 Å². The Morgan fingerprint density at radius 3 is 2.48 bits per heavy atom. The Labute approximate surface area is 120 Å². The zero-order valence-electron chi connectivity index (χ0n) is 10.8. The van der Waals surface area contributed by atoms with Gasteiger partial charge in [0.2, 0.25) is 10.0 Å². The van der Waals surface area contributed by atoms with Crippen molar-refractivity contribution in [2.75, 3.05) is 6.61 Å². The first-order chi connectivity index (χ1) is 9.97. The van der Waals surface area contributed by atoms with Crippen molar-refractivity contribution in [1.29, 1.82) is 0 Å². The van der Waals surface area contributed by atoms with Crippen molar-refractivity contribution in [3.63, 3.8) is 0 Å². The van der Waals surface area contributed by atoms with Gasteiger partial charge in [-0.1, -0.05) is 0 Å². The van der Waals surface area contributed by atoms with Crippen LogP contribution >= 0.6 is 0 Å². The third-order valence-electron chi connectivity index (χ3n) is 2.53. The fraction of sp³-hybridized carbons (Fsp3) is 0.231. The van der Waals surface area contributed by atoms with Gasteiger partial charge in [0.25, 0.3) is 6.43 Å². The van der Waals surface area contributed by atoms with Crippen LogP contribution in [-0.2, 0) is 16.6 Å². The first-order valence-corrected chi connectivity index (χ1v) is 7.49. The molecule has 0 atom stereocenters. The van der Waals surface area contributed by atoms with Crippen molar-refractivity contribution < 1.29 is 26.4 Å². The Morgan fingerprint density at radius 2 is 1.90 bits per heavy atom. The molecule has 114 valence electrons. The number of rotatable bonds is 7. The monoisotopic (exact) mass is 317 g/mol. The van der Waals surface area contributed by atoms with Crippen LogP contribution in [0, 0.1) is 0 Å². The van der Waals surface area contributed by atoms with Gasteiger partial charge >= 0.3 is 0 Å². The summed E-state index contributed by atoms with van der Waals surface area (Å²) >= 11 is 0. The normalized spacial score (nSPS) is 11.8. The molecule has 0 spiro atoms. The highest BCUT2D eigenvalue weighted by Crippen LogP contribution is 2.16. The molecule has 2 rings (SSSR count). The molecule has 1 aromatic carbocycles. The number of alkyl halides is 2. The fourth-order valence-corrected chi connectivity index (χ4v) is 2.53. The average molecular weight is 317 g/mol. The predicted molar refractivity (Wildman–Crippen MR) is 70.7 cm³/mol. The van der Waals surface area contributed by atoms with E-state index in [0.29, 0.717) is 5.76 Å². The molecule has 0 unspecified atom stereocenters. The van der Waals surface area contributed by atoms with Crippen molar-refractivity contribution >= 4 is 10.0 Å². The molecule has 0 aliphatic heterocycles. The maximum Gasteiger partial charge on any atom is 0.272 e. The van der Waals surface area contributed by atoms with Gasteiger partial charge in [0.15, 0.2) is 0 Å². The number of ether oxygens (including phenoxy) is 1. The van der Waals surface area contributed by atoms with E-state index in [2.05, 4.69) is 4.72 Å². The minimum absolute atomic E-state index is 0.0125. The van der Waals surface area contributed by atoms with Gasteiger partial charge in [0, 0.05) is 0 Å². The molecule has 5 nitrogen and oxygen atoms in total. The molecular formula is C13H13F2NO4S. The van der Waals surface area contributed by atoms with Gasteiger partial charge in [-0.15, -0.1) is 0 Å². The van der Waals surface area contributed by atoms with E-state index in [4.69, 9.17) is 9.15 Å². The Hall–Kier alpha value is -1.93. The van der Waals surface area contributed by atoms with Crippen LogP contribution in [0.4, 0.5) is 8.78 Å². The highest BCUT2D eigenvalue weighted by molar-refractivity contribution is 7.89. The maximum atomic E-state index is 12.0. The Bertz CT molecular complexity index is 654. The Balaban J connectivity index is 1.99. The van der Waals surface area contributed by atoms with Crippen LogP contribution in [-0.4, -0.2) is 21.5 Å². The number of nitrogens with one attached hydrogen (secondary N) is 1. The Kier molecular flexibility index (Phi) is 4.92. The minimum atomic E-state index is -3.70. The summed E-state index contributed by atoms with van der Waals surface area (Å²) < 4.78 is 60.1. The lowest BCUT2D eigenvalue weighted by Crippen LogP contribution is -2.22. The standard InChI is InChI=1S/C13H13F2NO4S/c14-13(15)9-20-10-3-5-12(6-4-10)21(17,18)16-8-11-2-1-7-19-11/h1-7,13,16H,8-9H2. The van der Waals surface area contributed by atoms with Crippen LogP contribution in [0.5, 0.6) is 5.75 Å². The average Bonchev–Trinajstić information content (AvgIpc) is 2.97. The minimum Gasteiger partial charge on any atom is -0.488 e. The Morgan fingerprint density at radius 1 is 1.19 bits per heavy atom. The number of sulfonamides is 1. The number of hydrogen-bond acceptors (Lipinski definition) is 4. The molecule has 1 heterocycles. The van der Waals surface area contributed by atoms with Crippen LogP contribution in [0.1, 0.15) is 5.76 Å². The molecular weight excluding hydrogens is 304 g/mol. The molecule has 0 aliphatic carbocycles. The smallest absolute Gasteiger partial charge is 0.272 e. The second-order valence-corrected chi connectivity index (χ2v) is 5.84. The van der Waals surface area contributed by atoms with E-state index in [1.807, 2.05) is 0 Å².